The predicted octanol–water partition coefficient (Wildman–Crippen LogP) is 2.15. The van der Waals surface area contributed by atoms with Gasteiger partial charge in [0.15, 0.2) is 6.61 Å². The molecule has 11 heteroatoms. The van der Waals surface area contributed by atoms with Crippen molar-refractivity contribution in [3.8, 4) is 5.75 Å². The standard InChI is InChI=1S/C21H29N3O3.C2HF3O2/c1-2-10-23-13-17-18(14-23)21(22-20(17)26)8-11-24(12-9-21)19(25)15-27-16-6-4-3-5-7-16;3-2(4,5)1(6)7/h3-7,17-18H,2,8-15H2,1H3,(H,22,26);(H,6,7)/t17-,18+;/m1./s1. The summed E-state index contributed by atoms with van der Waals surface area (Å²) in [7, 11) is 0. The van der Waals surface area contributed by atoms with Crippen LogP contribution in [0.25, 0.3) is 0 Å². The third kappa shape index (κ3) is 5.99. The minimum atomic E-state index is -5.08. The largest absolute Gasteiger partial charge is 0.490 e. The van der Waals surface area contributed by atoms with Crippen LogP contribution < -0.4 is 10.1 Å². The number of carbonyl (C=O) groups excluding carboxylic acids is 2. The second kappa shape index (κ2) is 10.6. The highest BCUT2D eigenvalue weighted by Crippen LogP contribution is 2.43. The average Bonchev–Trinajstić information content (AvgIpc) is 3.33. The summed E-state index contributed by atoms with van der Waals surface area (Å²) in [6.07, 6.45) is -2.27. The molecule has 1 aromatic carbocycles. The second-order valence-electron chi connectivity index (χ2n) is 8.90. The highest BCUT2D eigenvalue weighted by Gasteiger charge is 2.57. The van der Waals surface area contributed by atoms with Crippen molar-refractivity contribution in [2.24, 2.45) is 11.8 Å². The molecular weight excluding hydrogens is 455 g/mol. The molecule has 2 amide bonds. The molecule has 3 fully saturated rings. The summed E-state index contributed by atoms with van der Waals surface area (Å²) >= 11 is 0. The van der Waals surface area contributed by atoms with Crippen LogP contribution in [-0.2, 0) is 14.4 Å². The minimum absolute atomic E-state index is 0.0219. The fraction of sp³-hybridized carbons (Fsp3) is 0.609. The zero-order valence-corrected chi connectivity index (χ0v) is 19.0. The number of aliphatic carboxylic acids is 1. The zero-order valence-electron chi connectivity index (χ0n) is 19.0. The number of alkyl halides is 3. The van der Waals surface area contributed by atoms with Crippen LogP contribution >= 0.6 is 0 Å². The van der Waals surface area contributed by atoms with Crippen molar-refractivity contribution in [3.05, 3.63) is 30.3 Å². The highest BCUT2D eigenvalue weighted by atomic mass is 19.4. The third-order valence-electron chi connectivity index (χ3n) is 6.71. The third-order valence-corrected chi connectivity index (χ3v) is 6.71. The van der Waals surface area contributed by atoms with Crippen LogP contribution in [-0.4, -0.2) is 83.7 Å². The van der Waals surface area contributed by atoms with Gasteiger partial charge < -0.3 is 25.0 Å². The maximum atomic E-state index is 12.5. The number of carboxylic acid groups (broad SMARTS) is 1. The Hall–Kier alpha value is -2.82. The first-order chi connectivity index (χ1) is 16.1. The van der Waals surface area contributed by atoms with Gasteiger partial charge in [0.05, 0.1) is 5.92 Å². The number of carboxylic acids is 1. The molecule has 0 aliphatic carbocycles. The summed E-state index contributed by atoms with van der Waals surface area (Å²) in [5.74, 6) is -1.30. The molecule has 0 saturated carbocycles. The van der Waals surface area contributed by atoms with E-state index in [1.54, 1.807) is 0 Å². The maximum absolute atomic E-state index is 12.5. The molecule has 0 aromatic heterocycles. The van der Waals surface area contributed by atoms with E-state index in [0.29, 0.717) is 24.8 Å². The van der Waals surface area contributed by atoms with Crippen LogP contribution in [0.3, 0.4) is 0 Å². The molecule has 0 unspecified atom stereocenters. The molecule has 3 aliphatic rings. The van der Waals surface area contributed by atoms with Crippen LogP contribution in [0.4, 0.5) is 13.2 Å². The summed E-state index contributed by atoms with van der Waals surface area (Å²) in [6.45, 7) is 6.59. The van der Waals surface area contributed by atoms with Gasteiger partial charge in [0.2, 0.25) is 5.91 Å². The number of amides is 2. The molecule has 34 heavy (non-hydrogen) atoms. The first-order valence-corrected chi connectivity index (χ1v) is 11.4. The number of fused-ring (bicyclic) bond motifs is 2. The first-order valence-electron chi connectivity index (χ1n) is 11.4. The lowest BCUT2D eigenvalue weighted by Gasteiger charge is -2.42. The van der Waals surface area contributed by atoms with Crippen LogP contribution in [0.15, 0.2) is 30.3 Å². The Labute approximate surface area is 196 Å². The number of rotatable bonds is 5. The van der Waals surface area contributed by atoms with Crippen molar-refractivity contribution in [2.75, 3.05) is 39.3 Å². The van der Waals surface area contributed by atoms with Gasteiger partial charge in [0, 0.05) is 37.6 Å². The van der Waals surface area contributed by atoms with Gasteiger partial charge >= 0.3 is 12.1 Å². The highest BCUT2D eigenvalue weighted by molar-refractivity contribution is 5.84. The van der Waals surface area contributed by atoms with Crippen molar-refractivity contribution >= 4 is 17.8 Å². The summed E-state index contributed by atoms with van der Waals surface area (Å²) in [5, 5.41) is 10.4. The molecule has 1 aromatic rings. The Morgan fingerprint density at radius 2 is 1.79 bits per heavy atom. The minimum Gasteiger partial charge on any atom is -0.484 e. The number of carbonyl (C=O) groups is 3. The molecule has 3 heterocycles. The Bertz CT molecular complexity index is 872. The molecule has 4 rings (SSSR count). The summed E-state index contributed by atoms with van der Waals surface area (Å²) in [5.41, 5.74) is -0.124. The molecular formula is C23H30F3N3O5. The van der Waals surface area contributed by atoms with E-state index in [4.69, 9.17) is 14.6 Å². The topological polar surface area (TPSA) is 99.2 Å². The summed E-state index contributed by atoms with van der Waals surface area (Å²) in [6, 6.07) is 9.43. The van der Waals surface area contributed by atoms with Gasteiger partial charge in [0.1, 0.15) is 5.75 Å². The lowest BCUT2D eigenvalue weighted by molar-refractivity contribution is -0.192. The van der Waals surface area contributed by atoms with E-state index in [1.807, 2.05) is 35.2 Å². The van der Waals surface area contributed by atoms with Crippen LogP contribution in [0.5, 0.6) is 5.75 Å². The van der Waals surface area contributed by atoms with Crippen molar-refractivity contribution in [1.29, 1.82) is 0 Å². The second-order valence-corrected chi connectivity index (χ2v) is 8.90. The predicted molar refractivity (Wildman–Crippen MR) is 116 cm³/mol. The van der Waals surface area contributed by atoms with Crippen LogP contribution in [0, 0.1) is 11.8 Å². The lowest BCUT2D eigenvalue weighted by Crippen LogP contribution is -2.56. The molecule has 8 nitrogen and oxygen atoms in total. The monoisotopic (exact) mass is 485 g/mol. The Morgan fingerprint density at radius 3 is 2.35 bits per heavy atom. The summed E-state index contributed by atoms with van der Waals surface area (Å²) in [4.78, 5) is 38.2. The van der Waals surface area contributed by atoms with Crippen LogP contribution in [0.1, 0.15) is 26.2 Å². The molecule has 1 spiro atoms. The number of para-hydroxylation sites is 1. The van der Waals surface area contributed by atoms with E-state index < -0.39 is 12.1 Å². The van der Waals surface area contributed by atoms with Gasteiger partial charge in [-0.1, -0.05) is 25.1 Å². The van der Waals surface area contributed by atoms with E-state index in [2.05, 4.69) is 17.1 Å². The number of piperidine rings is 1. The molecule has 188 valence electrons. The molecule has 3 saturated heterocycles. The number of halogens is 3. The maximum Gasteiger partial charge on any atom is 0.490 e. The van der Waals surface area contributed by atoms with E-state index >= 15 is 0 Å². The Balaban J connectivity index is 0.000000406. The number of hydrogen-bond acceptors (Lipinski definition) is 5. The number of likely N-dealkylation sites (tertiary alicyclic amines) is 2. The van der Waals surface area contributed by atoms with Gasteiger partial charge in [-0.2, -0.15) is 13.2 Å². The van der Waals surface area contributed by atoms with E-state index in [-0.39, 0.29) is 29.9 Å². The van der Waals surface area contributed by atoms with Gasteiger partial charge in [0.25, 0.3) is 5.91 Å². The van der Waals surface area contributed by atoms with E-state index in [9.17, 15) is 22.8 Å². The average molecular weight is 486 g/mol. The van der Waals surface area contributed by atoms with Crippen molar-refractivity contribution in [3.63, 3.8) is 0 Å². The normalized spacial score (nSPS) is 23.6. The zero-order chi connectivity index (χ0) is 24.9. The lowest BCUT2D eigenvalue weighted by atomic mass is 9.75. The summed E-state index contributed by atoms with van der Waals surface area (Å²) < 4.78 is 37.3. The fourth-order valence-electron chi connectivity index (χ4n) is 5.04. The molecule has 2 atom stereocenters. The van der Waals surface area contributed by atoms with Crippen LogP contribution in [0.2, 0.25) is 0 Å². The van der Waals surface area contributed by atoms with Crippen molar-refractivity contribution in [1.82, 2.24) is 15.1 Å². The molecule has 0 bridgehead atoms. The Morgan fingerprint density at radius 1 is 1.18 bits per heavy atom. The quantitative estimate of drug-likeness (QED) is 0.663. The van der Waals surface area contributed by atoms with E-state index in [1.165, 1.54) is 0 Å². The smallest absolute Gasteiger partial charge is 0.484 e. The number of nitrogens with zero attached hydrogens (tertiary/aromatic N) is 2. The van der Waals surface area contributed by atoms with Gasteiger partial charge in [-0.15, -0.1) is 0 Å². The SMILES string of the molecule is CCCN1C[C@H]2C(=O)NC3(CCN(C(=O)COc4ccccc4)CC3)[C@H]2C1.O=C(O)C(F)(F)F. The molecule has 0 radical (unpaired) electrons. The molecule has 3 aliphatic heterocycles. The van der Waals surface area contributed by atoms with E-state index in [0.717, 1.165) is 38.9 Å². The Kier molecular flexibility index (Phi) is 8.06. The van der Waals surface area contributed by atoms with Crippen molar-refractivity contribution in [2.45, 2.75) is 37.9 Å². The first kappa shape index (κ1) is 25.8. The number of nitrogens with one attached hydrogen (secondary N) is 1. The number of ether oxygens (including phenoxy) is 1. The van der Waals surface area contributed by atoms with Gasteiger partial charge in [-0.25, -0.2) is 4.79 Å². The van der Waals surface area contributed by atoms with Gasteiger partial charge in [-0.3, -0.25) is 9.59 Å². The molecule has 2 N–H and O–H groups in total. The number of hydrogen-bond donors (Lipinski definition) is 2. The fourth-order valence-corrected chi connectivity index (χ4v) is 5.04. The van der Waals surface area contributed by atoms with Crippen molar-refractivity contribution < 1.29 is 37.4 Å². The number of benzene rings is 1. The van der Waals surface area contributed by atoms with Gasteiger partial charge in [-0.05, 0) is 37.9 Å².